The van der Waals surface area contributed by atoms with E-state index in [2.05, 4.69) is 10.5 Å². The molecule has 0 aromatic heterocycles. The van der Waals surface area contributed by atoms with Gasteiger partial charge in [-0.05, 0) is 42.5 Å². The molecule has 0 unspecified atom stereocenters. The molecule has 9 heteroatoms. The molecule has 0 atom stereocenters. The molecule has 0 spiro atoms. The average molecular weight is 467 g/mol. The van der Waals surface area contributed by atoms with Gasteiger partial charge < -0.3 is 4.74 Å². The summed E-state index contributed by atoms with van der Waals surface area (Å²) in [6.45, 7) is 0.213. The Balaban J connectivity index is 1.59. The van der Waals surface area contributed by atoms with E-state index in [0.29, 0.717) is 15.8 Å². The van der Waals surface area contributed by atoms with Crippen LogP contribution in [0.2, 0.25) is 10.0 Å². The van der Waals surface area contributed by atoms with Crippen molar-refractivity contribution in [3.63, 3.8) is 0 Å². The van der Waals surface area contributed by atoms with Crippen molar-refractivity contribution in [3.05, 3.63) is 99.0 Å². The Kier molecular flexibility index (Phi) is 7.20. The van der Waals surface area contributed by atoms with Crippen LogP contribution in [0.25, 0.3) is 0 Å². The number of benzene rings is 3. The van der Waals surface area contributed by atoms with Crippen molar-refractivity contribution in [2.75, 3.05) is 0 Å². The van der Waals surface area contributed by atoms with Gasteiger partial charge >= 0.3 is 6.18 Å². The van der Waals surface area contributed by atoms with E-state index in [-0.39, 0.29) is 17.7 Å². The highest BCUT2D eigenvalue weighted by atomic mass is 35.5. The highest BCUT2D eigenvalue weighted by Gasteiger charge is 2.32. The summed E-state index contributed by atoms with van der Waals surface area (Å²) in [6, 6.07) is 16.2. The summed E-state index contributed by atoms with van der Waals surface area (Å²) in [6.07, 6.45) is -3.56. The number of nitrogens with zero attached hydrogens (tertiary/aromatic N) is 1. The predicted octanol–water partition coefficient (Wildman–Crippen LogP) is 6.36. The summed E-state index contributed by atoms with van der Waals surface area (Å²) < 4.78 is 44.6. The quantitative estimate of drug-likeness (QED) is 0.339. The zero-order valence-corrected chi connectivity index (χ0v) is 17.3. The van der Waals surface area contributed by atoms with Crippen LogP contribution in [-0.2, 0) is 12.8 Å². The fourth-order valence-corrected chi connectivity index (χ4v) is 3.06. The van der Waals surface area contributed by atoms with Crippen LogP contribution in [-0.4, -0.2) is 12.1 Å². The normalized spacial score (nSPS) is 11.5. The zero-order valence-electron chi connectivity index (χ0n) is 15.8. The first-order chi connectivity index (χ1) is 14.7. The predicted molar refractivity (Wildman–Crippen MR) is 114 cm³/mol. The molecule has 0 heterocycles. The highest BCUT2D eigenvalue weighted by molar-refractivity contribution is 6.35. The standard InChI is InChI=1S/C22H15Cl2F3N2O2/c23-17-8-5-16(20(24)11-17)13-31-18-9-6-14(7-10-18)21(30)29-28-12-15-3-1-2-4-19(15)22(25,26)27/h1-12H,13H2,(H,29,30)/b28-12+. The molecule has 0 radical (unpaired) electrons. The van der Waals surface area contributed by atoms with Crippen molar-refractivity contribution in [1.29, 1.82) is 0 Å². The molecule has 0 aliphatic carbocycles. The van der Waals surface area contributed by atoms with Crippen molar-refractivity contribution in [1.82, 2.24) is 5.43 Å². The third-order valence-corrected chi connectivity index (χ3v) is 4.75. The third kappa shape index (κ3) is 6.23. The molecule has 0 saturated carbocycles. The SMILES string of the molecule is O=C(N/N=C/c1ccccc1C(F)(F)F)c1ccc(OCc2ccc(Cl)cc2Cl)cc1. The second kappa shape index (κ2) is 9.85. The van der Waals surface area contributed by atoms with Crippen molar-refractivity contribution in [2.24, 2.45) is 5.10 Å². The van der Waals surface area contributed by atoms with E-state index in [1.807, 2.05) is 0 Å². The van der Waals surface area contributed by atoms with Crippen LogP contribution >= 0.6 is 23.2 Å². The minimum absolute atomic E-state index is 0.153. The Morgan fingerprint density at radius 2 is 1.74 bits per heavy atom. The number of hydrogen-bond donors (Lipinski definition) is 1. The summed E-state index contributed by atoms with van der Waals surface area (Å²) in [5.41, 5.74) is 2.23. The molecular weight excluding hydrogens is 452 g/mol. The van der Waals surface area contributed by atoms with E-state index < -0.39 is 17.6 Å². The lowest BCUT2D eigenvalue weighted by Crippen LogP contribution is -2.18. The Bertz CT molecular complexity index is 1100. The van der Waals surface area contributed by atoms with E-state index in [4.69, 9.17) is 27.9 Å². The maximum atomic E-state index is 13.0. The molecule has 160 valence electrons. The number of halogens is 5. The van der Waals surface area contributed by atoms with Crippen molar-refractivity contribution < 1.29 is 22.7 Å². The number of hydrogen-bond acceptors (Lipinski definition) is 3. The van der Waals surface area contributed by atoms with Gasteiger partial charge in [0.25, 0.3) is 5.91 Å². The van der Waals surface area contributed by atoms with Gasteiger partial charge in [0, 0.05) is 26.7 Å². The summed E-state index contributed by atoms with van der Waals surface area (Å²) in [5, 5.41) is 4.63. The van der Waals surface area contributed by atoms with Crippen LogP contribution < -0.4 is 10.2 Å². The lowest BCUT2D eigenvalue weighted by Gasteiger charge is -2.09. The Morgan fingerprint density at radius 1 is 1.03 bits per heavy atom. The lowest BCUT2D eigenvalue weighted by molar-refractivity contribution is -0.137. The van der Waals surface area contributed by atoms with E-state index >= 15 is 0 Å². The molecule has 4 nitrogen and oxygen atoms in total. The van der Waals surface area contributed by atoms with Gasteiger partial charge in [-0.2, -0.15) is 18.3 Å². The van der Waals surface area contributed by atoms with E-state index in [9.17, 15) is 18.0 Å². The van der Waals surface area contributed by atoms with Crippen LogP contribution in [0, 0.1) is 0 Å². The Labute approximate surface area is 186 Å². The van der Waals surface area contributed by atoms with Crippen LogP contribution in [0.15, 0.2) is 71.8 Å². The van der Waals surface area contributed by atoms with Crippen molar-refractivity contribution >= 4 is 35.3 Å². The first-order valence-electron chi connectivity index (χ1n) is 8.90. The molecule has 0 fully saturated rings. The summed E-state index contributed by atoms with van der Waals surface area (Å²) in [5.74, 6) is -0.0711. The molecule has 1 amide bonds. The van der Waals surface area contributed by atoms with Gasteiger partial charge in [0.15, 0.2) is 0 Å². The van der Waals surface area contributed by atoms with Crippen molar-refractivity contribution in [3.8, 4) is 5.75 Å². The fraction of sp³-hybridized carbons (Fsp3) is 0.0909. The fourth-order valence-electron chi connectivity index (χ4n) is 2.60. The molecule has 31 heavy (non-hydrogen) atoms. The molecule has 3 aromatic rings. The number of carbonyl (C=O) groups excluding carboxylic acids is 1. The molecule has 0 aliphatic rings. The van der Waals surface area contributed by atoms with Gasteiger partial charge in [-0.15, -0.1) is 0 Å². The summed E-state index contributed by atoms with van der Waals surface area (Å²) in [4.78, 5) is 12.2. The topological polar surface area (TPSA) is 50.7 Å². The third-order valence-electron chi connectivity index (χ3n) is 4.16. The van der Waals surface area contributed by atoms with E-state index in [0.717, 1.165) is 17.8 Å². The molecule has 3 aromatic carbocycles. The lowest BCUT2D eigenvalue weighted by atomic mass is 10.1. The molecule has 0 bridgehead atoms. The Morgan fingerprint density at radius 3 is 2.42 bits per heavy atom. The van der Waals surface area contributed by atoms with Crippen LogP contribution in [0.5, 0.6) is 5.75 Å². The number of alkyl halides is 3. The largest absolute Gasteiger partial charge is 0.489 e. The Hall–Kier alpha value is -3.03. The van der Waals surface area contributed by atoms with Crippen molar-refractivity contribution in [2.45, 2.75) is 12.8 Å². The van der Waals surface area contributed by atoms with Gasteiger partial charge in [-0.25, -0.2) is 5.43 Å². The zero-order chi connectivity index (χ0) is 22.4. The number of hydrazone groups is 1. The summed E-state index contributed by atoms with van der Waals surface area (Å²) in [7, 11) is 0. The summed E-state index contributed by atoms with van der Waals surface area (Å²) >= 11 is 12.0. The number of carbonyl (C=O) groups is 1. The minimum Gasteiger partial charge on any atom is -0.489 e. The highest BCUT2D eigenvalue weighted by Crippen LogP contribution is 2.31. The number of rotatable bonds is 6. The van der Waals surface area contributed by atoms with Crippen LogP contribution in [0.1, 0.15) is 27.0 Å². The first kappa shape index (κ1) is 22.7. The van der Waals surface area contributed by atoms with Gasteiger partial charge in [0.1, 0.15) is 12.4 Å². The molecule has 0 saturated heterocycles. The van der Waals surface area contributed by atoms with Gasteiger partial charge in [-0.3, -0.25) is 4.79 Å². The number of amides is 1. The van der Waals surface area contributed by atoms with Gasteiger partial charge in [-0.1, -0.05) is 47.5 Å². The van der Waals surface area contributed by atoms with Gasteiger partial charge in [0.2, 0.25) is 0 Å². The molecule has 3 rings (SSSR count). The number of ether oxygens (including phenoxy) is 1. The second-order valence-electron chi connectivity index (χ2n) is 6.33. The average Bonchev–Trinajstić information content (AvgIpc) is 2.73. The number of nitrogens with one attached hydrogen (secondary N) is 1. The monoisotopic (exact) mass is 466 g/mol. The van der Waals surface area contributed by atoms with Crippen LogP contribution in [0.3, 0.4) is 0 Å². The van der Waals surface area contributed by atoms with Gasteiger partial charge in [0.05, 0.1) is 11.8 Å². The second-order valence-corrected chi connectivity index (χ2v) is 7.18. The van der Waals surface area contributed by atoms with E-state index in [1.54, 1.807) is 30.3 Å². The maximum Gasteiger partial charge on any atom is 0.417 e. The minimum atomic E-state index is -4.52. The smallest absolute Gasteiger partial charge is 0.417 e. The molecule has 0 aliphatic heterocycles. The first-order valence-corrected chi connectivity index (χ1v) is 9.66. The van der Waals surface area contributed by atoms with E-state index in [1.165, 1.54) is 30.3 Å². The maximum absolute atomic E-state index is 13.0. The molecular formula is C22H15Cl2F3N2O2. The van der Waals surface area contributed by atoms with Crippen LogP contribution in [0.4, 0.5) is 13.2 Å². The molecule has 1 N–H and O–H groups in total.